The second kappa shape index (κ2) is 11.1. The molecule has 0 radical (unpaired) electrons. The Morgan fingerprint density at radius 3 is 2.42 bits per heavy atom. The minimum Gasteiger partial charge on any atom is -0.330 e. The van der Waals surface area contributed by atoms with Crippen LogP contribution in [0.2, 0.25) is 0 Å². The molecule has 0 aliphatic heterocycles. The van der Waals surface area contributed by atoms with Crippen LogP contribution in [0.3, 0.4) is 0 Å². The molecule has 0 saturated heterocycles. The van der Waals surface area contributed by atoms with E-state index in [0.717, 1.165) is 11.1 Å². The molecule has 188 valence electrons. The molecule has 0 unspecified atom stereocenters. The quantitative estimate of drug-likeness (QED) is 0.357. The van der Waals surface area contributed by atoms with Crippen molar-refractivity contribution in [1.29, 1.82) is 0 Å². The lowest BCUT2D eigenvalue weighted by Gasteiger charge is -2.35. The molecule has 8 heteroatoms. The number of nitrogens with two attached hydrogens (primary N) is 1. The maximum Gasteiger partial charge on any atom is 0.264 e. The zero-order valence-corrected chi connectivity index (χ0v) is 22.1. The number of nitrogens with zero attached hydrogens (tertiary/aromatic N) is 4. The second-order valence-electron chi connectivity index (χ2n) is 9.49. The van der Waals surface area contributed by atoms with Crippen molar-refractivity contribution in [2.45, 2.75) is 46.7 Å². The van der Waals surface area contributed by atoms with Gasteiger partial charge in [0.05, 0.1) is 23.7 Å². The maximum absolute atomic E-state index is 13.9. The van der Waals surface area contributed by atoms with Gasteiger partial charge >= 0.3 is 0 Å². The third-order valence-electron chi connectivity index (χ3n) is 6.37. The van der Waals surface area contributed by atoms with E-state index in [4.69, 9.17) is 10.7 Å². The summed E-state index contributed by atoms with van der Waals surface area (Å²) in [7, 11) is 0. The van der Waals surface area contributed by atoms with E-state index in [0.29, 0.717) is 53.4 Å². The number of hydrogen-bond acceptors (Lipinski definition) is 6. The summed E-state index contributed by atoms with van der Waals surface area (Å²) in [6.07, 6.45) is 0.644. The molecule has 2 aromatic heterocycles. The smallest absolute Gasteiger partial charge is 0.264 e. The number of carbonyl (C=O) groups excluding carboxylic acids is 1. The van der Waals surface area contributed by atoms with E-state index in [9.17, 15) is 9.59 Å². The molecule has 2 aromatic carbocycles. The highest BCUT2D eigenvalue weighted by Crippen LogP contribution is 2.31. The summed E-state index contributed by atoms with van der Waals surface area (Å²) in [4.78, 5) is 35.1. The van der Waals surface area contributed by atoms with Crippen LogP contribution in [0.25, 0.3) is 10.2 Å². The molecule has 1 atom stereocenters. The van der Waals surface area contributed by atoms with Crippen molar-refractivity contribution in [3.8, 4) is 0 Å². The van der Waals surface area contributed by atoms with Crippen LogP contribution in [0.15, 0.2) is 59.4 Å². The molecular weight excluding hydrogens is 470 g/mol. The Bertz CT molecular complexity index is 1390. The average Bonchev–Trinajstić information content (AvgIpc) is 3.24. The van der Waals surface area contributed by atoms with E-state index in [-0.39, 0.29) is 17.4 Å². The SMILES string of the molecule is Cc1ccc(C(=O)N(CCCN)[C@H](c2nc3snc(C)c3c(=O)n2Cc2ccccc2)C(C)C)cc1. The Balaban J connectivity index is 1.91. The van der Waals surface area contributed by atoms with Crippen molar-refractivity contribution in [2.24, 2.45) is 11.7 Å². The number of amides is 1. The van der Waals surface area contributed by atoms with Gasteiger partial charge in [0, 0.05) is 12.1 Å². The molecule has 0 bridgehead atoms. The number of benzene rings is 2. The lowest BCUT2D eigenvalue weighted by atomic mass is 9.98. The Morgan fingerprint density at radius 2 is 1.78 bits per heavy atom. The first kappa shape index (κ1) is 25.7. The van der Waals surface area contributed by atoms with Gasteiger partial charge in [0.25, 0.3) is 11.5 Å². The zero-order valence-electron chi connectivity index (χ0n) is 21.3. The van der Waals surface area contributed by atoms with Crippen LogP contribution >= 0.6 is 11.5 Å². The van der Waals surface area contributed by atoms with Gasteiger partial charge in [-0.15, -0.1) is 0 Å². The summed E-state index contributed by atoms with van der Waals surface area (Å²) < 4.78 is 6.13. The molecule has 0 saturated carbocycles. The summed E-state index contributed by atoms with van der Waals surface area (Å²) in [5.41, 5.74) is 9.10. The largest absolute Gasteiger partial charge is 0.330 e. The summed E-state index contributed by atoms with van der Waals surface area (Å²) in [6, 6.07) is 17.0. The van der Waals surface area contributed by atoms with Gasteiger partial charge in [-0.2, -0.15) is 4.37 Å². The Labute approximate surface area is 215 Å². The molecule has 0 aliphatic carbocycles. The third kappa shape index (κ3) is 5.24. The minimum absolute atomic E-state index is 0.00226. The molecule has 4 rings (SSSR count). The van der Waals surface area contributed by atoms with Crippen LogP contribution in [0, 0.1) is 19.8 Å². The number of hydrogen-bond donors (Lipinski definition) is 1. The summed E-state index contributed by atoms with van der Waals surface area (Å²) in [6.45, 7) is 9.23. The molecule has 1 amide bonds. The molecule has 0 fully saturated rings. The molecular formula is C28H33N5O2S. The lowest BCUT2D eigenvalue weighted by Crippen LogP contribution is -2.42. The highest BCUT2D eigenvalue weighted by molar-refractivity contribution is 7.12. The van der Waals surface area contributed by atoms with E-state index in [1.807, 2.05) is 73.3 Å². The van der Waals surface area contributed by atoms with Crippen LogP contribution in [-0.4, -0.2) is 37.8 Å². The van der Waals surface area contributed by atoms with Gasteiger partial charge in [-0.25, -0.2) is 4.98 Å². The highest BCUT2D eigenvalue weighted by atomic mass is 32.1. The number of carbonyl (C=O) groups is 1. The van der Waals surface area contributed by atoms with Crippen molar-refractivity contribution >= 4 is 27.7 Å². The van der Waals surface area contributed by atoms with Crippen LogP contribution in [0.5, 0.6) is 0 Å². The predicted octanol–water partition coefficient (Wildman–Crippen LogP) is 4.71. The topological polar surface area (TPSA) is 94.1 Å². The number of aryl methyl sites for hydroxylation is 2. The van der Waals surface area contributed by atoms with E-state index in [2.05, 4.69) is 18.2 Å². The standard InChI is InChI=1S/C28H33N5O2S/c1-18(2)24(32(16-8-15-29)27(34)22-13-11-19(3)12-14-22)25-30-26-23(20(4)31-36-26)28(35)33(25)17-21-9-6-5-7-10-21/h5-7,9-14,18,24H,8,15-17,29H2,1-4H3/t24-/m0/s1. The van der Waals surface area contributed by atoms with Crippen LogP contribution in [0.1, 0.15) is 59.3 Å². The Hall–Kier alpha value is -3.36. The van der Waals surface area contributed by atoms with Crippen molar-refractivity contribution < 1.29 is 4.79 Å². The number of rotatable bonds is 9. The Kier molecular flexibility index (Phi) is 7.96. The molecule has 7 nitrogen and oxygen atoms in total. The Morgan fingerprint density at radius 1 is 1.08 bits per heavy atom. The van der Waals surface area contributed by atoms with Crippen LogP contribution < -0.4 is 11.3 Å². The van der Waals surface area contributed by atoms with Gasteiger partial charge in [-0.1, -0.05) is 61.9 Å². The summed E-state index contributed by atoms with van der Waals surface area (Å²) in [5, 5.41) is 0.542. The van der Waals surface area contributed by atoms with Gasteiger partial charge in [0.1, 0.15) is 5.82 Å². The fourth-order valence-corrected chi connectivity index (χ4v) is 5.29. The van der Waals surface area contributed by atoms with Crippen LogP contribution in [-0.2, 0) is 6.54 Å². The van der Waals surface area contributed by atoms with Gasteiger partial charge in [-0.05, 0) is 62.0 Å². The van der Waals surface area contributed by atoms with Crippen LogP contribution in [0.4, 0.5) is 0 Å². The average molecular weight is 504 g/mol. The van der Waals surface area contributed by atoms with Gasteiger partial charge in [0.15, 0.2) is 4.83 Å². The highest BCUT2D eigenvalue weighted by Gasteiger charge is 2.33. The molecule has 4 aromatic rings. The van der Waals surface area contributed by atoms with Crippen molar-refractivity contribution in [2.75, 3.05) is 13.1 Å². The first-order chi connectivity index (χ1) is 17.3. The van der Waals surface area contributed by atoms with Gasteiger partial charge in [-0.3, -0.25) is 14.2 Å². The normalized spacial score (nSPS) is 12.3. The van der Waals surface area contributed by atoms with Crippen molar-refractivity contribution in [1.82, 2.24) is 18.8 Å². The monoisotopic (exact) mass is 503 g/mol. The fraction of sp³-hybridized carbons (Fsp3) is 0.357. The lowest BCUT2D eigenvalue weighted by molar-refractivity contribution is 0.0603. The predicted molar refractivity (Wildman–Crippen MR) is 145 cm³/mol. The molecule has 2 heterocycles. The van der Waals surface area contributed by atoms with E-state index < -0.39 is 6.04 Å². The number of aromatic nitrogens is 3. The van der Waals surface area contributed by atoms with Crippen molar-refractivity contribution in [3.05, 3.63) is 93.2 Å². The van der Waals surface area contributed by atoms with Gasteiger partial charge in [0.2, 0.25) is 0 Å². The first-order valence-corrected chi connectivity index (χ1v) is 13.1. The minimum atomic E-state index is -0.423. The van der Waals surface area contributed by atoms with E-state index in [1.54, 1.807) is 4.57 Å². The third-order valence-corrected chi connectivity index (χ3v) is 7.21. The maximum atomic E-state index is 13.9. The number of fused-ring (bicyclic) bond motifs is 1. The molecule has 0 aliphatic rings. The van der Waals surface area contributed by atoms with E-state index >= 15 is 0 Å². The first-order valence-electron chi connectivity index (χ1n) is 12.3. The fourth-order valence-electron chi connectivity index (χ4n) is 4.52. The van der Waals surface area contributed by atoms with Crippen molar-refractivity contribution in [3.63, 3.8) is 0 Å². The summed E-state index contributed by atoms with van der Waals surface area (Å²) >= 11 is 1.22. The molecule has 2 N–H and O–H groups in total. The van der Waals surface area contributed by atoms with E-state index in [1.165, 1.54) is 11.5 Å². The van der Waals surface area contributed by atoms with Gasteiger partial charge < -0.3 is 10.6 Å². The second-order valence-corrected chi connectivity index (χ2v) is 10.2. The molecule has 36 heavy (non-hydrogen) atoms. The summed E-state index contributed by atoms with van der Waals surface area (Å²) in [5.74, 6) is 0.480. The molecule has 0 spiro atoms. The zero-order chi connectivity index (χ0) is 25.8.